The Hall–Kier alpha value is 0. The largest absolute Gasteiger partial charge is 0.0654 e. The zero-order valence-electron chi connectivity index (χ0n) is 19.1. The molecule has 4 saturated carbocycles. The monoisotopic (exact) mass is 372 g/mol. The lowest BCUT2D eigenvalue weighted by Crippen LogP contribution is -2.53. The van der Waals surface area contributed by atoms with E-state index in [9.17, 15) is 0 Å². The third-order valence-corrected chi connectivity index (χ3v) is 10.9. The Balaban J connectivity index is 1.45. The molecule has 0 amide bonds. The molecule has 0 spiro atoms. The minimum Gasteiger partial charge on any atom is -0.0654 e. The van der Waals surface area contributed by atoms with Gasteiger partial charge in [-0.2, -0.15) is 0 Å². The third-order valence-electron chi connectivity index (χ3n) is 10.9. The standard InChI is InChI=1S/C27H48/c1-5-6-7-8-11-20(2)23-15-16-24-22-14-13-21-12-9-10-18-26(21,3)25(22)17-19-27(23,24)4/h20-25H,5-19H2,1-4H3/t20-,21?,22?,23?,24?,25?,26?,27?/m1/s1. The Kier molecular flexibility index (Phi) is 6.03. The minimum absolute atomic E-state index is 0.684. The second-order valence-electron chi connectivity index (χ2n) is 12.0. The van der Waals surface area contributed by atoms with Crippen LogP contribution in [0.4, 0.5) is 0 Å². The second-order valence-corrected chi connectivity index (χ2v) is 12.0. The molecule has 8 atom stereocenters. The van der Waals surface area contributed by atoms with Gasteiger partial charge in [-0.25, -0.2) is 0 Å². The molecule has 0 aromatic carbocycles. The van der Waals surface area contributed by atoms with Crippen LogP contribution in [-0.4, -0.2) is 0 Å². The van der Waals surface area contributed by atoms with Gasteiger partial charge in [-0.15, -0.1) is 0 Å². The van der Waals surface area contributed by atoms with Crippen molar-refractivity contribution in [2.75, 3.05) is 0 Å². The zero-order chi connectivity index (χ0) is 19.1. The maximum atomic E-state index is 2.75. The summed E-state index contributed by atoms with van der Waals surface area (Å²) < 4.78 is 0. The van der Waals surface area contributed by atoms with Gasteiger partial charge in [-0.05, 0) is 97.7 Å². The van der Waals surface area contributed by atoms with Crippen molar-refractivity contribution in [2.45, 2.75) is 124 Å². The van der Waals surface area contributed by atoms with E-state index >= 15 is 0 Å². The van der Waals surface area contributed by atoms with Crippen molar-refractivity contribution in [1.82, 2.24) is 0 Å². The van der Waals surface area contributed by atoms with Crippen LogP contribution in [0, 0.1) is 46.3 Å². The molecule has 0 saturated heterocycles. The molecule has 4 aliphatic carbocycles. The van der Waals surface area contributed by atoms with Crippen LogP contribution in [-0.2, 0) is 0 Å². The van der Waals surface area contributed by atoms with Crippen molar-refractivity contribution < 1.29 is 0 Å². The van der Waals surface area contributed by atoms with Gasteiger partial charge in [0.1, 0.15) is 0 Å². The van der Waals surface area contributed by atoms with E-state index in [1.165, 1.54) is 44.9 Å². The summed E-state index contributed by atoms with van der Waals surface area (Å²) in [5, 5.41) is 0. The van der Waals surface area contributed by atoms with E-state index < -0.39 is 0 Å². The fraction of sp³-hybridized carbons (Fsp3) is 1.00. The predicted octanol–water partition coefficient (Wildman–Crippen LogP) is 8.64. The van der Waals surface area contributed by atoms with Gasteiger partial charge in [0.2, 0.25) is 0 Å². The normalized spacial score (nSPS) is 47.8. The average Bonchev–Trinajstić information content (AvgIpc) is 3.02. The van der Waals surface area contributed by atoms with Crippen LogP contribution in [0.5, 0.6) is 0 Å². The Labute approximate surface area is 170 Å². The molecule has 0 N–H and O–H groups in total. The maximum Gasteiger partial charge on any atom is -0.0264 e. The van der Waals surface area contributed by atoms with E-state index in [-0.39, 0.29) is 0 Å². The number of fused-ring (bicyclic) bond motifs is 5. The Morgan fingerprint density at radius 3 is 2.41 bits per heavy atom. The lowest BCUT2D eigenvalue weighted by Gasteiger charge is -2.61. The SMILES string of the molecule is CCCCCC[C@@H](C)C1CCC2C3CCC4CCCCC4(C)C3CCC21C. The van der Waals surface area contributed by atoms with E-state index in [0.29, 0.717) is 10.8 Å². The maximum absolute atomic E-state index is 2.75. The highest BCUT2D eigenvalue weighted by atomic mass is 14.6. The van der Waals surface area contributed by atoms with E-state index in [1.807, 2.05) is 0 Å². The first-order chi connectivity index (χ1) is 13.0. The van der Waals surface area contributed by atoms with Crippen molar-refractivity contribution >= 4 is 0 Å². The fourth-order valence-corrected chi connectivity index (χ4v) is 9.36. The highest BCUT2D eigenvalue weighted by Gasteiger charge is 2.59. The number of rotatable bonds is 6. The highest BCUT2D eigenvalue weighted by molar-refractivity contribution is 5.09. The first kappa shape index (κ1) is 20.3. The van der Waals surface area contributed by atoms with E-state index in [2.05, 4.69) is 27.7 Å². The van der Waals surface area contributed by atoms with Crippen molar-refractivity contribution in [3.05, 3.63) is 0 Å². The second kappa shape index (κ2) is 8.02. The summed E-state index contributed by atoms with van der Waals surface area (Å²) in [6.07, 6.45) is 22.9. The Bertz CT molecular complexity index is 494. The highest BCUT2D eigenvalue weighted by Crippen LogP contribution is 2.68. The van der Waals surface area contributed by atoms with Crippen molar-refractivity contribution in [3.63, 3.8) is 0 Å². The van der Waals surface area contributed by atoms with Crippen LogP contribution in [0.3, 0.4) is 0 Å². The van der Waals surface area contributed by atoms with Crippen molar-refractivity contribution in [1.29, 1.82) is 0 Å². The smallest absolute Gasteiger partial charge is 0.0264 e. The summed E-state index contributed by atoms with van der Waals surface area (Å²) in [6, 6.07) is 0. The molecular formula is C27H48. The molecule has 4 rings (SSSR count). The van der Waals surface area contributed by atoms with Crippen LogP contribution in [0.25, 0.3) is 0 Å². The molecule has 4 fully saturated rings. The van der Waals surface area contributed by atoms with E-state index in [0.717, 1.165) is 35.5 Å². The molecule has 7 unspecified atom stereocenters. The third kappa shape index (κ3) is 3.44. The van der Waals surface area contributed by atoms with Crippen LogP contribution in [0.2, 0.25) is 0 Å². The zero-order valence-corrected chi connectivity index (χ0v) is 19.1. The fourth-order valence-electron chi connectivity index (χ4n) is 9.36. The van der Waals surface area contributed by atoms with Crippen molar-refractivity contribution in [2.24, 2.45) is 46.3 Å². The first-order valence-corrected chi connectivity index (χ1v) is 13.0. The van der Waals surface area contributed by atoms with E-state index in [1.54, 1.807) is 51.4 Å². The number of unbranched alkanes of at least 4 members (excludes halogenated alkanes) is 3. The van der Waals surface area contributed by atoms with Gasteiger partial charge in [0.15, 0.2) is 0 Å². The molecule has 0 aromatic rings. The molecule has 156 valence electrons. The summed E-state index contributed by atoms with van der Waals surface area (Å²) >= 11 is 0. The van der Waals surface area contributed by atoms with Gasteiger partial charge in [-0.3, -0.25) is 0 Å². The quantitative estimate of drug-likeness (QED) is 0.409. The van der Waals surface area contributed by atoms with Crippen LogP contribution < -0.4 is 0 Å². The van der Waals surface area contributed by atoms with Gasteiger partial charge in [0, 0.05) is 0 Å². The van der Waals surface area contributed by atoms with Gasteiger partial charge >= 0.3 is 0 Å². The van der Waals surface area contributed by atoms with Gasteiger partial charge in [-0.1, -0.05) is 72.6 Å². The van der Waals surface area contributed by atoms with E-state index in [4.69, 9.17) is 0 Å². The summed E-state index contributed by atoms with van der Waals surface area (Å²) in [4.78, 5) is 0. The lowest BCUT2D eigenvalue weighted by atomic mass is 9.44. The predicted molar refractivity (Wildman–Crippen MR) is 118 cm³/mol. The number of hydrogen-bond donors (Lipinski definition) is 0. The molecule has 0 radical (unpaired) electrons. The summed E-state index contributed by atoms with van der Waals surface area (Å²) in [6.45, 7) is 10.4. The number of hydrogen-bond acceptors (Lipinski definition) is 0. The average molecular weight is 373 g/mol. The van der Waals surface area contributed by atoms with Crippen LogP contribution >= 0.6 is 0 Å². The lowest BCUT2D eigenvalue weighted by molar-refractivity contribution is -0.114. The molecule has 0 aliphatic heterocycles. The Morgan fingerprint density at radius 1 is 0.778 bits per heavy atom. The van der Waals surface area contributed by atoms with Gasteiger partial charge < -0.3 is 0 Å². The topological polar surface area (TPSA) is 0 Å². The Morgan fingerprint density at radius 2 is 1.59 bits per heavy atom. The summed E-state index contributed by atoms with van der Waals surface area (Å²) in [5.74, 6) is 6.30. The molecular weight excluding hydrogens is 324 g/mol. The summed E-state index contributed by atoms with van der Waals surface area (Å²) in [5.41, 5.74) is 1.40. The molecule has 27 heavy (non-hydrogen) atoms. The van der Waals surface area contributed by atoms with Gasteiger partial charge in [0.05, 0.1) is 0 Å². The van der Waals surface area contributed by atoms with Gasteiger partial charge in [0.25, 0.3) is 0 Å². The molecule has 0 heteroatoms. The van der Waals surface area contributed by atoms with Crippen LogP contribution in [0.1, 0.15) is 124 Å². The molecule has 0 aromatic heterocycles. The first-order valence-electron chi connectivity index (χ1n) is 13.0. The van der Waals surface area contributed by atoms with Crippen LogP contribution in [0.15, 0.2) is 0 Å². The molecule has 0 bridgehead atoms. The summed E-state index contributed by atoms with van der Waals surface area (Å²) in [7, 11) is 0. The molecule has 0 nitrogen and oxygen atoms in total. The minimum atomic E-state index is 0.684. The molecule has 4 aliphatic rings. The molecule has 0 heterocycles. The van der Waals surface area contributed by atoms with Crippen molar-refractivity contribution in [3.8, 4) is 0 Å².